The van der Waals surface area contributed by atoms with Gasteiger partial charge in [0.1, 0.15) is 11.3 Å². The summed E-state index contributed by atoms with van der Waals surface area (Å²) in [6, 6.07) is 14.7. The molecule has 0 spiro atoms. The summed E-state index contributed by atoms with van der Waals surface area (Å²) in [5.41, 5.74) is 3.20. The van der Waals surface area contributed by atoms with Crippen molar-refractivity contribution in [3.8, 4) is 11.4 Å². The van der Waals surface area contributed by atoms with Gasteiger partial charge in [-0.2, -0.15) is 0 Å². The van der Waals surface area contributed by atoms with E-state index in [9.17, 15) is 9.59 Å². The highest BCUT2D eigenvalue weighted by molar-refractivity contribution is 6.04. The maximum Gasteiger partial charge on any atom is 0.253 e. The van der Waals surface area contributed by atoms with Crippen LogP contribution in [-0.4, -0.2) is 32.4 Å². The van der Waals surface area contributed by atoms with Gasteiger partial charge >= 0.3 is 0 Å². The number of carbonyl (C=O) groups excluding carboxylic acids is 1. The molecule has 0 aliphatic heterocycles. The number of hydrogen-bond acceptors (Lipinski definition) is 4. The zero-order valence-electron chi connectivity index (χ0n) is 14.4. The summed E-state index contributed by atoms with van der Waals surface area (Å²) < 4.78 is 0. The fraction of sp³-hybridized carbons (Fsp3) is 0.100. The fourth-order valence-corrected chi connectivity index (χ4v) is 2.89. The van der Waals surface area contributed by atoms with Crippen molar-refractivity contribution in [2.75, 3.05) is 6.54 Å². The van der Waals surface area contributed by atoms with E-state index in [1.807, 2.05) is 36.4 Å². The second-order valence-corrected chi connectivity index (χ2v) is 6.07. The zero-order chi connectivity index (χ0) is 18.6. The molecule has 4 rings (SSSR count). The largest absolute Gasteiger partial charge is 0.352 e. The standard InChI is InChI=1S/C20H17N5O2/c26-16-12-13(6-9-21-16)7-10-23-20(27)15-8-11-22-19-17(15)24-18(25-19)14-4-2-1-3-5-14/h1-6,8-9,11-12H,7,10H2,(H,21,26)(H,23,27)(H,22,24,25). The molecular weight excluding hydrogens is 342 g/mol. The number of carbonyl (C=O) groups is 1. The third kappa shape index (κ3) is 3.62. The quantitative estimate of drug-likeness (QED) is 0.508. The van der Waals surface area contributed by atoms with Gasteiger partial charge in [-0.15, -0.1) is 0 Å². The molecule has 1 amide bonds. The number of H-pyrrole nitrogens is 2. The summed E-state index contributed by atoms with van der Waals surface area (Å²) in [5.74, 6) is 0.445. The average Bonchev–Trinajstić information content (AvgIpc) is 3.13. The van der Waals surface area contributed by atoms with E-state index in [2.05, 4.69) is 25.3 Å². The van der Waals surface area contributed by atoms with Crippen molar-refractivity contribution >= 4 is 17.1 Å². The van der Waals surface area contributed by atoms with Gasteiger partial charge in [0, 0.05) is 30.6 Å². The number of pyridine rings is 2. The van der Waals surface area contributed by atoms with Gasteiger partial charge in [0.25, 0.3) is 5.91 Å². The molecule has 0 atom stereocenters. The Labute approximate surface area is 154 Å². The van der Waals surface area contributed by atoms with Gasteiger partial charge in [-0.3, -0.25) is 9.59 Å². The number of aromatic amines is 2. The molecule has 0 radical (unpaired) electrons. The molecule has 7 nitrogen and oxygen atoms in total. The normalized spacial score (nSPS) is 10.8. The molecule has 0 saturated heterocycles. The SMILES string of the molecule is O=C(NCCc1cc[nH]c(=O)c1)c1ccnc2[nH]c(-c3ccccc3)nc12. The third-order valence-electron chi connectivity index (χ3n) is 4.22. The van der Waals surface area contributed by atoms with Crippen molar-refractivity contribution in [3.05, 3.63) is 82.4 Å². The van der Waals surface area contributed by atoms with Crippen LogP contribution in [0.15, 0.2) is 65.7 Å². The van der Waals surface area contributed by atoms with Crippen molar-refractivity contribution in [1.82, 2.24) is 25.3 Å². The monoisotopic (exact) mass is 359 g/mol. The van der Waals surface area contributed by atoms with Crippen LogP contribution < -0.4 is 10.9 Å². The van der Waals surface area contributed by atoms with Gasteiger partial charge in [-0.25, -0.2) is 9.97 Å². The fourth-order valence-electron chi connectivity index (χ4n) is 2.89. The van der Waals surface area contributed by atoms with Gasteiger partial charge in [0.05, 0.1) is 5.56 Å². The summed E-state index contributed by atoms with van der Waals surface area (Å²) in [5, 5.41) is 2.88. The highest BCUT2D eigenvalue weighted by Crippen LogP contribution is 2.21. The molecule has 4 aromatic rings. The Hall–Kier alpha value is -3.74. The van der Waals surface area contributed by atoms with E-state index in [1.165, 1.54) is 6.07 Å². The first-order valence-corrected chi connectivity index (χ1v) is 8.57. The lowest BCUT2D eigenvalue weighted by atomic mass is 10.2. The van der Waals surface area contributed by atoms with Gasteiger partial charge in [0.15, 0.2) is 5.65 Å². The first-order chi connectivity index (χ1) is 13.2. The van der Waals surface area contributed by atoms with Crippen LogP contribution in [0.5, 0.6) is 0 Å². The minimum absolute atomic E-state index is 0.153. The molecule has 0 fully saturated rings. The molecule has 3 N–H and O–H groups in total. The highest BCUT2D eigenvalue weighted by Gasteiger charge is 2.15. The molecular formula is C20H17N5O2. The van der Waals surface area contributed by atoms with Crippen LogP contribution >= 0.6 is 0 Å². The van der Waals surface area contributed by atoms with E-state index in [-0.39, 0.29) is 11.5 Å². The van der Waals surface area contributed by atoms with Crippen molar-refractivity contribution < 1.29 is 4.79 Å². The van der Waals surface area contributed by atoms with Crippen LogP contribution in [0, 0.1) is 0 Å². The second kappa shape index (κ2) is 7.25. The predicted molar refractivity (Wildman–Crippen MR) is 102 cm³/mol. The molecule has 0 aliphatic carbocycles. The van der Waals surface area contributed by atoms with E-state index in [0.29, 0.717) is 35.5 Å². The van der Waals surface area contributed by atoms with Crippen LogP contribution in [0.1, 0.15) is 15.9 Å². The van der Waals surface area contributed by atoms with Crippen LogP contribution in [0.3, 0.4) is 0 Å². The Bertz CT molecular complexity index is 1150. The Morgan fingerprint density at radius 3 is 2.78 bits per heavy atom. The minimum Gasteiger partial charge on any atom is -0.352 e. The molecule has 3 aromatic heterocycles. The van der Waals surface area contributed by atoms with Crippen molar-refractivity contribution in [2.24, 2.45) is 0 Å². The van der Waals surface area contributed by atoms with Crippen LogP contribution in [-0.2, 0) is 6.42 Å². The Kier molecular flexibility index (Phi) is 4.49. The summed E-state index contributed by atoms with van der Waals surface area (Å²) in [6.45, 7) is 0.419. The highest BCUT2D eigenvalue weighted by atomic mass is 16.1. The van der Waals surface area contributed by atoms with Gasteiger partial charge < -0.3 is 15.3 Å². The molecule has 3 heterocycles. The summed E-state index contributed by atoms with van der Waals surface area (Å²) in [4.78, 5) is 38.5. The van der Waals surface area contributed by atoms with Crippen LogP contribution in [0.2, 0.25) is 0 Å². The number of nitrogens with zero attached hydrogens (tertiary/aromatic N) is 2. The van der Waals surface area contributed by atoms with E-state index < -0.39 is 0 Å². The maximum absolute atomic E-state index is 12.6. The molecule has 7 heteroatoms. The van der Waals surface area contributed by atoms with E-state index in [1.54, 1.807) is 18.5 Å². The number of rotatable bonds is 5. The smallest absolute Gasteiger partial charge is 0.253 e. The van der Waals surface area contributed by atoms with Crippen LogP contribution in [0.25, 0.3) is 22.6 Å². The lowest BCUT2D eigenvalue weighted by molar-refractivity contribution is 0.0955. The first kappa shape index (κ1) is 16.7. The molecule has 1 aromatic carbocycles. The number of nitrogens with one attached hydrogen (secondary N) is 3. The number of hydrogen-bond donors (Lipinski definition) is 3. The van der Waals surface area contributed by atoms with E-state index >= 15 is 0 Å². The van der Waals surface area contributed by atoms with Crippen molar-refractivity contribution in [3.63, 3.8) is 0 Å². The Morgan fingerprint density at radius 2 is 1.96 bits per heavy atom. The van der Waals surface area contributed by atoms with Crippen molar-refractivity contribution in [2.45, 2.75) is 6.42 Å². The Balaban J connectivity index is 1.53. The van der Waals surface area contributed by atoms with Gasteiger partial charge in [-0.1, -0.05) is 30.3 Å². The lowest BCUT2D eigenvalue weighted by Gasteiger charge is -2.05. The summed E-state index contributed by atoms with van der Waals surface area (Å²) in [7, 11) is 0. The zero-order valence-corrected chi connectivity index (χ0v) is 14.4. The molecule has 27 heavy (non-hydrogen) atoms. The topological polar surface area (TPSA) is 104 Å². The molecule has 0 unspecified atom stereocenters. The number of aromatic nitrogens is 4. The number of benzene rings is 1. The average molecular weight is 359 g/mol. The number of amides is 1. The summed E-state index contributed by atoms with van der Waals surface area (Å²) >= 11 is 0. The first-order valence-electron chi connectivity index (χ1n) is 8.57. The molecule has 0 aliphatic rings. The number of fused-ring (bicyclic) bond motifs is 1. The predicted octanol–water partition coefficient (Wildman–Crippen LogP) is 2.29. The lowest BCUT2D eigenvalue weighted by Crippen LogP contribution is -2.26. The minimum atomic E-state index is -0.224. The van der Waals surface area contributed by atoms with E-state index in [0.717, 1.165) is 11.1 Å². The summed E-state index contributed by atoms with van der Waals surface area (Å²) in [6.07, 6.45) is 3.75. The molecule has 0 bridgehead atoms. The molecule has 0 saturated carbocycles. The maximum atomic E-state index is 12.6. The third-order valence-corrected chi connectivity index (χ3v) is 4.22. The van der Waals surface area contributed by atoms with E-state index in [4.69, 9.17) is 0 Å². The van der Waals surface area contributed by atoms with Gasteiger partial charge in [-0.05, 0) is 24.1 Å². The molecule has 134 valence electrons. The second-order valence-electron chi connectivity index (χ2n) is 6.07. The number of imidazole rings is 1. The Morgan fingerprint density at radius 1 is 1.11 bits per heavy atom. The van der Waals surface area contributed by atoms with Gasteiger partial charge in [0.2, 0.25) is 5.56 Å². The van der Waals surface area contributed by atoms with Crippen LogP contribution in [0.4, 0.5) is 0 Å². The van der Waals surface area contributed by atoms with Crippen molar-refractivity contribution in [1.29, 1.82) is 0 Å².